The Labute approximate surface area is 193 Å². The van der Waals surface area contributed by atoms with E-state index in [9.17, 15) is 17.6 Å². The van der Waals surface area contributed by atoms with Crippen molar-refractivity contribution in [3.63, 3.8) is 0 Å². The standard InChI is InChI=1S/C23H29FN2O6S/c1-30-19-8-6-16(13-21(19)32-3)10-11-25-23(27)17-5-4-12-26(15-17)33(28,29)22-14-18(24)7-9-20(22)31-2/h6-9,13-14,17H,4-5,10-12,15H2,1-3H3,(H,25,27). The molecule has 2 aromatic carbocycles. The lowest BCUT2D eigenvalue weighted by Crippen LogP contribution is -2.45. The summed E-state index contributed by atoms with van der Waals surface area (Å²) in [4.78, 5) is 12.5. The van der Waals surface area contributed by atoms with Crippen molar-refractivity contribution in [2.75, 3.05) is 41.0 Å². The van der Waals surface area contributed by atoms with E-state index in [1.165, 1.54) is 17.5 Å². The second-order valence-corrected chi connectivity index (χ2v) is 9.63. The van der Waals surface area contributed by atoms with Crippen molar-refractivity contribution in [3.8, 4) is 17.2 Å². The molecular formula is C23H29FN2O6S. The topological polar surface area (TPSA) is 94.2 Å². The number of amides is 1. The van der Waals surface area contributed by atoms with Crippen LogP contribution in [0.2, 0.25) is 0 Å². The van der Waals surface area contributed by atoms with E-state index in [1.807, 2.05) is 12.1 Å². The average Bonchev–Trinajstić information content (AvgIpc) is 2.83. The lowest BCUT2D eigenvalue weighted by atomic mass is 9.99. The summed E-state index contributed by atoms with van der Waals surface area (Å²) in [6.07, 6.45) is 1.69. The summed E-state index contributed by atoms with van der Waals surface area (Å²) in [6, 6.07) is 8.93. The Morgan fingerprint density at radius 1 is 1.06 bits per heavy atom. The van der Waals surface area contributed by atoms with Gasteiger partial charge in [0.2, 0.25) is 15.9 Å². The van der Waals surface area contributed by atoms with E-state index in [1.54, 1.807) is 20.3 Å². The Hall–Kier alpha value is -2.85. The van der Waals surface area contributed by atoms with Crippen molar-refractivity contribution in [2.24, 2.45) is 5.92 Å². The molecule has 1 unspecified atom stereocenters. The van der Waals surface area contributed by atoms with Gasteiger partial charge in [-0.1, -0.05) is 6.07 Å². The first kappa shape index (κ1) is 24.8. The number of rotatable bonds is 9. The normalized spacial score (nSPS) is 16.8. The van der Waals surface area contributed by atoms with Gasteiger partial charge in [0.05, 0.1) is 27.2 Å². The number of halogens is 1. The maximum absolute atomic E-state index is 13.7. The summed E-state index contributed by atoms with van der Waals surface area (Å²) in [7, 11) is 0.448. The molecule has 1 amide bonds. The van der Waals surface area contributed by atoms with Gasteiger partial charge in [-0.15, -0.1) is 0 Å². The van der Waals surface area contributed by atoms with E-state index in [-0.39, 0.29) is 29.6 Å². The Balaban J connectivity index is 1.62. The molecule has 0 bridgehead atoms. The predicted octanol–water partition coefficient (Wildman–Crippen LogP) is 2.61. The van der Waals surface area contributed by atoms with Gasteiger partial charge in [0.25, 0.3) is 0 Å². The molecule has 3 rings (SSSR count). The molecule has 0 aromatic heterocycles. The zero-order chi connectivity index (χ0) is 24.0. The highest BCUT2D eigenvalue weighted by molar-refractivity contribution is 7.89. The SMILES string of the molecule is COc1ccc(CCNC(=O)C2CCCN(S(=O)(=O)c3cc(F)ccc3OC)C2)cc1OC. The van der Waals surface area contributed by atoms with Crippen LogP contribution in [0.25, 0.3) is 0 Å². The minimum Gasteiger partial charge on any atom is -0.495 e. The quantitative estimate of drug-likeness (QED) is 0.593. The number of piperidine rings is 1. The molecule has 1 N–H and O–H groups in total. The first-order valence-electron chi connectivity index (χ1n) is 10.6. The molecule has 1 aliphatic rings. The largest absolute Gasteiger partial charge is 0.495 e. The Morgan fingerprint density at radius 2 is 1.76 bits per heavy atom. The summed E-state index contributed by atoms with van der Waals surface area (Å²) in [5.74, 6) is -0.0558. The second-order valence-electron chi connectivity index (χ2n) is 7.73. The molecule has 0 radical (unpaired) electrons. The molecule has 2 aromatic rings. The van der Waals surface area contributed by atoms with Crippen molar-refractivity contribution in [3.05, 3.63) is 47.8 Å². The summed E-state index contributed by atoms with van der Waals surface area (Å²) in [5.41, 5.74) is 0.971. The number of methoxy groups -OCH3 is 3. The van der Waals surface area contributed by atoms with Crippen LogP contribution in [-0.4, -0.2) is 59.6 Å². The highest BCUT2D eigenvalue weighted by atomic mass is 32.2. The van der Waals surface area contributed by atoms with Crippen LogP contribution in [0.4, 0.5) is 4.39 Å². The fourth-order valence-electron chi connectivity index (χ4n) is 3.88. The van der Waals surface area contributed by atoms with Crippen LogP contribution in [0.15, 0.2) is 41.3 Å². The van der Waals surface area contributed by atoms with E-state index in [2.05, 4.69) is 5.32 Å². The van der Waals surface area contributed by atoms with E-state index < -0.39 is 21.8 Å². The maximum atomic E-state index is 13.7. The first-order chi connectivity index (χ1) is 15.8. The van der Waals surface area contributed by atoms with E-state index in [0.717, 1.165) is 17.7 Å². The van der Waals surface area contributed by atoms with Crippen LogP contribution in [0, 0.1) is 11.7 Å². The van der Waals surface area contributed by atoms with Crippen molar-refractivity contribution >= 4 is 15.9 Å². The summed E-state index contributed by atoms with van der Waals surface area (Å²) in [5, 5.41) is 2.89. The second kappa shape index (κ2) is 10.8. The van der Waals surface area contributed by atoms with Crippen molar-refractivity contribution in [1.82, 2.24) is 9.62 Å². The number of hydrogen-bond acceptors (Lipinski definition) is 6. The lowest BCUT2D eigenvalue weighted by molar-refractivity contribution is -0.126. The lowest BCUT2D eigenvalue weighted by Gasteiger charge is -2.31. The number of sulfonamides is 1. The molecule has 33 heavy (non-hydrogen) atoms. The van der Waals surface area contributed by atoms with Gasteiger partial charge in [0.15, 0.2) is 11.5 Å². The third-order valence-corrected chi connectivity index (χ3v) is 7.55. The predicted molar refractivity (Wildman–Crippen MR) is 121 cm³/mol. The molecule has 1 fully saturated rings. The molecule has 1 heterocycles. The van der Waals surface area contributed by atoms with Crippen LogP contribution >= 0.6 is 0 Å². The van der Waals surface area contributed by atoms with Crippen LogP contribution in [-0.2, 0) is 21.2 Å². The van der Waals surface area contributed by atoms with Crippen LogP contribution in [0.1, 0.15) is 18.4 Å². The fourth-order valence-corrected chi connectivity index (χ4v) is 5.57. The minimum atomic E-state index is -4.01. The molecule has 0 spiro atoms. The van der Waals surface area contributed by atoms with Gasteiger partial charge in [-0.05, 0) is 55.2 Å². The van der Waals surface area contributed by atoms with Gasteiger partial charge < -0.3 is 19.5 Å². The summed E-state index contributed by atoms with van der Waals surface area (Å²) >= 11 is 0. The molecule has 1 aliphatic heterocycles. The van der Waals surface area contributed by atoms with Crippen LogP contribution < -0.4 is 19.5 Å². The third kappa shape index (κ3) is 5.75. The monoisotopic (exact) mass is 480 g/mol. The highest BCUT2D eigenvalue weighted by Crippen LogP contribution is 2.31. The summed E-state index contributed by atoms with van der Waals surface area (Å²) < 4.78 is 56.8. The molecule has 10 heteroatoms. The zero-order valence-electron chi connectivity index (χ0n) is 19.0. The molecular weight excluding hydrogens is 451 g/mol. The number of hydrogen-bond donors (Lipinski definition) is 1. The van der Waals surface area contributed by atoms with E-state index in [0.29, 0.717) is 37.3 Å². The van der Waals surface area contributed by atoms with Gasteiger partial charge in [-0.3, -0.25) is 4.79 Å². The molecule has 8 nitrogen and oxygen atoms in total. The molecule has 180 valence electrons. The van der Waals surface area contributed by atoms with Gasteiger partial charge in [0, 0.05) is 19.6 Å². The smallest absolute Gasteiger partial charge is 0.246 e. The summed E-state index contributed by atoms with van der Waals surface area (Å²) in [6.45, 7) is 0.691. The first-order valence-corrected chi connectivity index (χ1v) is 12.1. The Kier molecular flexibility index (Phi) is 8.15. The molecule has 0 saturated carbocycles. The number of benzene rings is 2. The van der Waals surface area contributed by atoms with Gasteiger partial charge >= 0.3 is 0 Å². The van der Waals surface area contributed by atoms with Crippen molar-refractivity contribution < 1.29 is 31.8 Å². The minimum absolute atomic E-state index is 0.0319. The third-order valence-electron chi connectivity index (χ3n) is 5.66. The van der Waals surface area contributed by atoms with Gasteiger partial charge in [-0.25, -0.2) is 12.8 Å². The number of nitrogens with one attached hydrogen (secondary N) is 1. The molecule has 1 saturated heterocycles. The Morgan fingerprint density at radius 3 is 2.45 bits per heavy atom. The number of nitrogens with zero attached hydrogens (tertiary/aromatic N) is 1. The van der Waals surface area contributed by atoms with E-state index in [4.69, 9.17) is 14.2 Å². The molecule has 0 aliphatic carbocycles. The highest BCUT2D eigenvalue weighted by Gasteiger charge is 2.35. The number of carbonyl (C=O) groups is 1. The number of carbonyl (C=O) groups excluding carboxylic acids is 1. The number of ether oxygens (including phenoxy) is 3. The van der Waals surface area contributed by atoms with Crippen LogP contribution in [0.5, 0.6) is 17.2 Å². The fraction of sp³-hybridized carbons (Fsp3) is 0.435. The molecule has 1 atom stereocenters. The maximum Gasteiger partial charge on any atom is 0.246 e. The van der Waals surface area contributed by atoms with Crippen LogP contribution in [0.3, 0.4) is 0 Å². The Bertz CT molecular complexity index is 1090. The zero-order valence-corrected chi connectivity index (χ0v) is 19.8. The average molecular weight is 481 g/mol. The van der Waals surface area contributed by atoms with Gasteiger partial charge in [0.1, 0.15) is 16.5 Å². The van der Waals surface area contributed by atoms with Crippen molar-refractivity contribution in [1.29, 1.82) is 0 Å². The van der Waals surface area contributed by atoms with E-state index >= 15 is 0 Å². The van der Waals surface area contributed by atoms with Gasteiger partial charge in [-0.2, -0.15) is 4.31 Å². The van der Waals surface area contributed by atoms with Crippen molar-refractivity contribution in [2.45, 2.75) is 24.2 Å².